The lowest BCUT2D eigenvalue weighted by molar-refractivity contribution is 0.102. The molecular formula is C13H9ClF3N3O3S. The molecule has 2 rings (SSSR count). The fourth-order valence-corrected chi connectivity index (χ4v) is 2.74. The number of amides is 1. The minimum absolute atomic E-state index is 0.222. The van der Waals surface area contributed by atoms with E-state index in [1.54, 1.807) is 0 Å². The SMILES string of the molecule is Nc1cc(Cl)c(C(=O)Nc2cc(F)c(F)c(F)c2)cc1S(N)(=O)=O. The van der Waals surface area contributed by atoms with Gasteiger partial charge in [0.2, 0.25) is 10.0 Å². The first-order valence-electron chi connectivity index (χ1n) is 6.08. The smallest absolute Gasteiger partial charge is 0.257 e. The van der Waals surface area contributed by atoms with Gasteiger partial charge in [0.25, 0.3) is 5.91 Å². The van der Waals surface area contributed by atoms with Gasteiger partial charge in [-0.05, 0) is 12.1 Å². The quantitative estimate of drug-likeness (QED) is 0.560. The van der Waals surface area contributed by atoms with Crippen molar-refractivity contribution in [3.63, 3.8) is 0 Å². The van der Waals surface area contributed by atoms with Gasteiger partial charge in [-0.2, -0.15) is 0 Å². The summed E-state index contributed by atoms with van der Waals surface area (Å²) < 4.78 is 62.0. The summed E-state index contributed by atoms with van der Waals surface area (Å²) in [6, 6.07) is 2.89. The lowest BCUT2D eigenvalue weighted by atomic mass is 10.2. The Balaban J connectivity index is 2.44. The van der Waals surface area contributed by atoms with Crippen LogP contribution in [0.25, 0.3) is 0 Å². The van der Waals surface area contributed by atoms with Gasteiger partial charge >= 0.3 is 0 Å². The number of carbonyl (C=O) groups excluding carboxylic acids is 1. The molecule has 0 saturated heterocycles. The summed E-state index contributed by atoms with van der Waals surface area (Å²) in [6.07, 6.45) is 0. The molecule has 0 saturated carbocycles. The monoisotopic (exact) mass is 379 g/mol. The van der Waals surface area contributed by atoms with Crippen molar-refractivity contribution in [3.05, 3.63) is 52.3 Å². The van der Waals surface area contributed by atoms with Gasteiger partial charge in [-0.25, -0.2) is 26.7 Å². The van der Waals surface area contributed by atoms with Crippen LogP contribution < -0.4 is 16.2 Å². The van der Waals surface area contributed by atoms with Crippen LogP contribution in [0.15, 0.2) is 29.2 Å². The summed E-state index contributed by atoms with van der Waals surface area (Å²) in [5, 5.41) is 6.80. The summed E-state index contributed by atoms with van der Waals surface area (Å²) in [5.74, 6) is -5.73. The first kappa shape index (κ1) is 18.0. The Hall–Kier alpha value is -2.30. The fraction of sp³-hybridized carbons (Fsp3) is 0. The van der Waals surface area contributed by atoms with Gasteiger partial charge in [0.05, 0.1) is 16.3 Å². The van der Waals surface area contributed by atoms with E-state index in [-0.39, 0.29) is 16.3 Å². The molecule has 128 valence electrons. The summed E-state index contributed by atoms with van der Waals surface area (Å²) in [6.45, 7) is 0. The van der Waals surface area contributed by atoms with Crippen molar-refractivity contribution in [1.82, 2.24) is 0 Å². The molecule has 11 heteroatoms. The molecular weight excluding hydrogens is 371 g/mol. The average Bonchev–Trinajstić information content (AvgIpc) is 2.43. The topological polar surface area (TPSA) is 115 Å². The maximum atomic E-state index is 13.1. The first-order valence-corrected chi connectivity index (χ1v) is 8.01. The molecule has 0 spiro atoms. The molecule has 0 radical (unpaired) electrons. The van der Waals surface area contributed by atoms with Gasteiger partial charge < -0.3 is 11.1 Å². The minimum Gasteiger partial charge on any atom is -0.398 e. The third-order valence-corrected chi connectivity index (χ3v) is 4.17. The van der Waals surface area contributed by atoms with Crippen molar-refractivity contribution in [2.24, 2.45) is 5.14 Å². The van der Waals surface area contributed by atoms with Crippen molar-refractivity contribution < 1.29 is 26.4 Å². The molecule has 24 heavy (non-hydrogen) atoms. The van der Waals surface area contributed by atoms with Crippen molar-refractivity contribution in [3.8, 4) is 0 Å². The summed E-state index contributed by atoms with van der Waals surface area (Å²) in [7, 11) is -4.23. The number of benzene rings is 2. The van der Waals surface area contributed by atoms with Crippen molar-refractivity contribution in [2.75, 3.05) is 11.1 Å². The van der Waals surface area contributed by atoms with E-state index < -0.39 is 44.0 Å². The van der Waals surface area contributed by atoms with Gasteiger partial charge in [-0.1, -0.05) is 11.6 Å². The predicted molar refractivity (Wildman–Crippen MR) is 81.5 cm³/mol. The second-order valence-electron chi connectivity index (χ2n) is 4.62. The van der Waals surface area contributed by atoms with E-state index in [1.165, 1.54) is 0 Å². The Morgan fingerprint density at radius 1 is 1.08 bits per heavy atom. The molecule has 0 atom stereocenters. The normalized spacial score (nSPS) is 11.4. The van der Waals surface area contributed by atoms with Gasteiger partial charge in [0.1, 0.15) is 4.90 Å². The molecule has 6 nitrogen and oxygen atoms in total. The zero-order chi connectivity index (χ0) is 18.2. The van der Waals surface area contributed by atoms with Crippen LogP contribution in [0.4, 0.5) is 24.5 Å². The number of rotatable bonds is 3. The largest absolute Gasteiger partial charge is 0.398 e. The number of hydrogen-bond acceptors (Lipinski definition) is 4. The van der Waals surface area contributed by atoms with Crippen molar-refractivity contribution >= 4 is 38.9 Å². The molecule has 5 N–H and O–H groups in total. The molecule has 0 fully saturated rings. The van der Waals surface area contributed by atoms with Gasteiger partial charge in [0, 0.05) is 17.8 Å². The summed E-state index contributed by atoms with van der Waals surface area (Å²) >= 11 is 5.82. The number of primary sulfonamides is 1. The van der Waals surface area contributed by atoms with Gasteiger partial charge in [0.15, 0.2) is 17.5 Å². The number of nitrogens with one attached hydrogen (secondary N) is 1. The number of nitrogen functional groups attached to an aromatic ring is 1. The van der Waals surface area contributed by atoms with E-state index in [0.717, 1.165) is 12.1 Å². The van der Waals surface area contributed by atoms with E-state index in [2.05, 4.69) is 5.32 Å². The lowest BCUT2D eigenvalue weighted by Crippen LogP contribution is -2.18. The van der Waals surface area contributed by atoms with E-state index in [9.17, 15) is 26.4 Å². The highest BCUT2D eigenvalue weighted by Gasteiger charge is 2.20. The molecule has 0 aliphatic rings. The fourth-order valence-electron chi connectivity index (χ4n) is 1.82. The zero-order valence-corrected chi connectivity index (χ0v) is 13.2. The second-order valence-corrected chi connectivity index (χ2v) is 6.56. The van der Waals surface area contributed by atoms with Gasteiger partial charge in [-0.3, -0.25) is 4.79 Å². The van der Waals surface area contributed by atoms with Crippen LogP contribution in [-0.4, -0.2) is 14.3 Å². The van der Waals surface area contributed by atoms with E-state index in [4.69, 9.17) is 22.5 Å². The number of anilines is 2. The highest BCUT2D eigenvalue weighted by molar-refractivity contribution is 7.89. The van der Waals surface area contributed by atoms with E-state index in [1.807, 2.05) is 0 Å². The zero-order valence-electron chi connectivity index (χ0n) is 11.6. The number of sulfonamides is 1. The maximum absolute atomic E-state index is 13.1. The molecule has 2 aromatic carbocycles. The van der Waals surface area contributed by atoms with Crippen molar-refractivity contribution in [2.45, 2.75) is 4.90 Å². The summed E-state index contributed by atoms with van der Waals surface area (Å²) in [4.78, 5) is 11.6. The number of carbonyl (C=O) groups is 1. The second kappa shape index (κ2) is 6.30. The minimum atomic E-state index is -4.23. The molecule has 2 aromatic rings. The lowest BCUT2D eigenvalue weighted by Gasteiger charge is -2.10. The Bertz CT molecular complexity index is 928. The predicted octanol–water partition coefficient (Wildman–Crippen LogP) is 2.24. The van der Waals surface area contributed by atoms with Crippen LogP contribution in [0, 0.1) is 17.5 Å². The Kier molecular flexibility index (Phi) is 4.74. The van der Waals surface area contributed by atoms with Crippen LogP contribution >= 0.6 is 11.6 Å². The molecule has 0 aliphatic carbocycles. The molecule has 0 aliphatic heterocycles. The highest BCUT2D eigenvalue weighted by Crippen LogP contribution is 2.27. The number of halogens is 4. The Morgan fingerprint density at radius 2 is 1.62 bits per heavy atom. The molecule has 1 amide bonds. The van der Waals surface area contributed by atoms with E-state index >= 15 is 0 Å². The molecule has 0 heterocycles. The molecule has 0 unspecified atom stereocenters. The average molecular weight is 380 g/mol. The Morgan fingerprint density at radius 3 is 2.12 bits per heavy atom. The van der Waals surface area contributed by atoms with Crippen LogP contribution in [-0.2, 0) is 10.0 Å². The van der Waals surface area contributed by atoms with Crippen LogP contribution in [0.2, 0.25) is 5.02 Å². The summed E-state index contributed by atoms with van der Waals surface area (Å²) in [5.41, 5.74) is 4.43. The number of nitrogens with two attached hydrogens (primary N) is 2. The Labute approximate surface area is 139 Å². The molecule has 0 aromatic heterocycles. The number of hydrogen-bond donors (Lipinski definition) is 3. The van der Waals surface area contributed by atoms with Crippen LogP contribution in [0.1, 0.15) is 10.4 Å². The van der Waals surface area contributed by atoms with Gasteiger partial charge in [-0.15, -0.1) is 0 Å². The first-order chi connectivity index (χ1) is 11.0. The molecule has 0 bridgehead atoms. The maximum Gasteiger partial charge on any atom is 0.257 e. The van der Waals surface area contributed by atoms with Crippen LogP contribution in [0.3, 0.4) is 0 Å². The third-order valence-electron chi connectivity index (χ3n) is 2.89. The van der Waals surface area contributed by atoms with Crippen molar-refractivity contribution in [1.29, 1.82) is 0 Å². The highest BCUT2D eigenvalue weighted by atomic mass is 35.5. The van der Waals surface area contributed by atoms with Crippen LogP contribution in [0.5, 0.6) is 0 Å². The standard InChI is InChI=1S/C13H9ClF3N3O3S/c14-7-4-10(18)11(24(19,22)23)3-6(7)13(21)20-5-1-8(15)12(17)9(16)2-5/h1-4H,18H2,(H,20,21)(H2,19,22,23). The third kappa shape index (κ3) is 3.61. The van der Waals surface area contributed by atoms with E-state index in [0.29, 0.717) is 12.1 Å².